The van der Waals surface area contributed by atoms with Gasteiger partial charge in [-0.15, -0.1) is 11.3 Å². The molecule has 1 N–H and O–H groups in total. The van der Waals surface area contributed by atoms with E-state index in [1.54, 1.807) is 49.2 Å². The van der Waals surface area contributed by atoms with Crippen LogP contribution in [0, 0.1) is 25.2 Å². The Labute approximate surface area is 291 Å². The lowest BCUT2D eigenvalue weighted by molar-refractivity contribution is -0.113. The van der Waals surface area contributed by atoms with Gasteiger partial charge in [-0.25, -0.2) is 4.99 Å². The number of methoxy groups -OCH3 is 2. The number of aromatic nitrogens is 2. The molecular formula is C38H35N5O4S2. The number of thiophene rings is 1. The molecule has 0 radical (unpaired) electrons. The van der Waals surface area contributed by atoms with E-state index in [9.17, 15) is 14.9 Å². The van der Waals surface area contributed by atoms with Crippen LogP contribution in [0.25, 0.3) is 11.1 Å². The van der Waals surface area contributed by atoms with Gasteiger partial charge in [-0.1, -0.05) is 29.5 Å². The van der Waals surface area contributed by atoms with E-state index in [-0.39, 0.29) is 11.5 Å². The molecule has 0 saturated heterocycles. The highest BCUT2D eigenvalue weighted by Crippen LogP contribution is 2.39. The first-order chi connectivity index (χ1) is 23.7. The summed E-state index contributed by atoms with van der Waals surface area (Å²) in [6.07, 6.45) is 6.09. The Morgan fingerprint density at radius 3 is 2.55 bits per heavy atom. The molecule has 248 valence electrons. The summed E-state index contributed by atoms with van der Waals surface area (Å²) in [5.74, 6) is 0.708. The minimum atomic E-state index is -0.814. The molecule has 0 fully saturated rings. The van der Waals surface area contributed by atoms with Crippen molar-refractivity contribution in [1.82, 2.24) is 9.13 Å². The Balaban J connectivity index is 1.38. The van der Waals surface area contributed by atoms with Crippen LogP contribution in [0.3, 0.4) is 0 Å². The third-order valence-electron chi connectivity index (χ3n) is 9.26. The predicted molar refractivity (Wildman–Crippen MR) is 193 cm³/mol. The zero-order valence-corrected chi connectivity index (χ0v) is 29.6. The maximum atomic E-state index is 14.5. The molecule has 9 nitrogen and oxygen atoms in total. The van der Waals surface area contributed by atoms with Gasteiger partial charge in [-0.3, -0.25) is 14.2 Å². The van der Waals surface area contributed by atoms with Crippen molar-refractivity contribution in [2.75, 3.05) is 19.5 Å². The van der Waals surface area contributed by atoms with Crippen LogP contribution in [0.4, 0.5) is 5.69 Å². The highest BCUT2D eigenvalue weighted by atomic mass is 32.1. The Bertz CT molecular complexity index is 2390. The number of nitrogens with zero attached hydrogens (tertiary/aromatic N) is 4. The van der Waals surface area contributed by atoms with Crippen LogP contribution in [0.5, 0.6) is 11.5 Å². The summed E-state index contributed by atoms with van der Waals surface area (Å²) in [6.45, 7) is 5.85. The minimum Gasteiger partial charge on any atom is -0.497 e. The Kier molecular flexibility index (Phi) is 8.61. The van der Waals surface area contributed by atoms with Crippen molar-refractivity contribution in [2.24, 2.45) is 4.99 Å². The van der Waals surface area contributed by atoms with Gasteiger partial charge in [0.25, 0.3) is 11.5 Å². The van der Waals surface area contributed by atoms with E-state index in [2.05, 4.69) is 22.0 Å². The molecule has 0 saturated carbocycles. The summed E-state index contributed by atoms with van der Waals surface area (Å²) in [5.41, 5.74) is 6.62. The Hall–Kier alpha value is -5.18. The smallest absolute Gasteiger partial charge is 0.271 e. The number of para-hydroxylation sites is 1. The SMILES string of the molecule is COc1ccc([C@@H]2C(C(=O)Nc3ccccc3)=C(C)N=c3sc(=Cc4cc(C)n(-c5sc6c(c5C#N)CCCC6)c4C)c(=O)n32)c(OC)c1. The van der Waals surface area contributed by atoms with E-state index >= 15 is 0 Å². The van der Waals surface area contributed by atoms with Crippen molar-refractivity contribution in [3.63, 3.8) is 0 Å². The second-order valence-electron chi connectivity index (χ2n) is 12.2. The monoisotopic (exact) mass is 689 g/mol. The zero-order valence-electron chi connectivity index (χ0n) is 27.9. The number of amides is 1. The fourth-order valence-corrected chi connectivity index (χ4v) is 9.37. The van der Waals surface area contributed by atoms with Gasteiger partial charge in [0.1, 0.15) is 28.6 Å². The van der Waals surface area contributed by atoms with Crippen LogP contribution in [-0.4, -0.2) is 29.3 Å². The van der Waals surface area contributed by atoms with E-state index in [0.29, 0.717) is 43.4 Å². The predicted octanol–water partition coefficient (Wildman–Crippen LogP) is 6.11. The number of ether oxygens (including phenoxy) is 2. The van der Waals surface area contributed by atoms with Gasteiger partial charge in [0.2, 0.25) is 0 Å². The fourth-order valence-electron chi connectivity index (χ4n) is 6.88. The molecule has 2 aliphatic rings. The van der Waals surface area contributed by atoms with Crippen molar-refractivity contribution >= 4 is 40.3 Å². The molecular weight excluding hydrogens is 655 g/mol. The molecule has 0 unspecified atom stereocenters. The maximum Gasteiger partial charge on any atom is 0.271 e. The molecule has 7 rings (SSSR count). The number of aryl methyl sites for hydroxylation is 2. The summed E-state index contributed by atoms with van der Waals surface area (Å²) < 4.78 is 15.5. The number of anilines is 1. The van der Waals surface area contributed by atoms with Crippen molar-refractivity contribution in [2.45, 2.75) is 52.5 Å². The molecule has 4 heterocycles. The Morgan fingerprint density at radius 2 is 1.82 bits per heavy atom. The van der Waals surface area contributed by atoms with Crippen LogP contribution in [0.2, 0.25) is 0 Å². The largest absolute Gasteiger partial charge is 0.497 e. The van der Waals surface area contributed by atoms with Gasteiger partial charge >= 0.3 is 0 Å². The van der Waals surface area contributed by atoms with Crippen LogP contribution >= 0.6 is 22.7 Å². The summed E-state index contributed by atoms with van der Waals surface area (Å²) in [6, 6.07) is 18.3. The number of hydrogen-bond donors (Lipinski definition) is 1. The van der Waals surface area contributed by atoms with Crippen LogP contribution in [0.15, 0.2) is 75.7 Å². The Morgan fingerprint density at radius 1 is 1.04 bits per heavy atom. The first-order valence-corrected chi connectivity index (χ1v) is 17.7. The fraction of sp³-hybridized carbons (Fsp3) is 0.263. The summed E-state index contributed by atoms with van der Waals surface area (Å²) >= 11 is 2.99. The van der Waals surface area contributed by atoms with E-state index in [1.807, 2.05) is 56.3 Å². The zero-order chi connectivity index (χ0) is 34.4. The van der Waals surface area contributed by atoms with Crippen molar-refractivity contribution < 1.29 is 14.3 Å². The molecule has 0 bridgehead atoms. The molecule has 2 aromatic carbocycles. The second kappa shape index (κ2) is 13.0. The minimum absolute atomic E-state index is 0.266. The van der Waals surface area contributed by atoms with Crippen LogP contribution in [-0.2, 0) is 17.6 Å². The average molecular weight is 690 g/mol. The second-order valence-corrected chi connectivity index (χ2v) is 14.3. The lowest BCUT2D eigenvalue weighted by Gasteiger charge is -2.26. The number of fused-ring (bicyclic) bond motifs is 2. The van der Waals surface area contributed by atoms with Gasteiger partial charge in [-0.2, -0.15) is 5.26 Å². The molecule has 1 aliphatic carbocycles. The highest BCUT2D eigenvalue weighted by Gasteiger charge is 2.34. The third-order valence-corrected chi connectivity index (χ3v) is 11.5. The molecule has 5 aromatic rings. The first-order valence-electron chi connectivity index (χ1n) is 16.1. The molecule has 0 spiro atoms. The molecule has 1 aliphatic heterocycles. The van der Waals surface area contributed by atoms with E-state index < -0.39 is 6.04 Å². The van der Waals surface area contributed by atoms with E-state index in [1.165, 1.54) is 21.8 Å². The summed E-state index contributed by atoms with van der Waals surface area (Å²) in [7, 11) is 3.13. The van der Waals surface area contributed by atoms with Gasteiger partial charge < -0.3 is 19.4 Å². The molecule has 1 atom stereocenters. The number of nitriles is 1. The first kappa shape index (κ1) is 32.4. The number of benzene rings is 2. The number of nitrogens with one attached hydrogen (secondary N) is 1. The number of thiazole rings is 1. The van der Waals surface area contributed by atoms with Crippen molar-refractivity contribution in [1.29, 1.82) is 5.26 Å². The van der Waals surface area contributed by atoms with Crippen LogP contribution in [0.1, 0.15) is 64.3 Å². The van der Waals surface area contributed by atoms with Gasteiger partial charge in [0.15, 0.2) is 4.80 Å². The standard InChI is InChI=1S/C38H35N5O4S2/c1-21-17-24(23(3)42(21)37-29(20-39)27-13-9-10-14-31(27)48-37)18-32-36(45)43-34(28-16-15-26(46-4)19-30(28)47-5)33(22(2)40-38(43)49-32)35(44)41-25-11-7-6-8-12-25/h6-8,11-12,15-19,34H,9-10,13-14H2,1-5H3,(H,41,44)/t34-/m1/s1. The van der Waals surface area contributed by atoms with Gasteiger partial charge in [-0.05, 0) is 94.0 Å². The molecule has 1 amide bonds. The number of carbonyl (C=O) groups is 1. The number of hydrogen-bond acceptors (Lipinski definition) is 8. The van der Waals surface area contributed by atoms with Gasteiger partial charge in [0, 0.05) is 33.6 Å². The number of carbonyl (C=O) groups excluding carboxylic acids is 1. The lowest BCUT2D eigenvalue weighted by Crippen LogP contribution is -2.40. The quantitative estimate of drug-likeness (QED) is 0.222. The maximum absolute atomic E-state index is 14.5. The van der Waals surface area contributed by atoms with Crippen molar-refractivity contribution in [3.05, 3.63) is 124 Å². The average Bonchev–Trinajstić information content (AvgIpc) is 3.72. The van der Waals surface area contributed by atoms with Crippen LogP contribution < -0.4 is 29.7 Å². The third kappa shape index (κ3) is 5.61. The topological polar surface area (TPSA) is 111 Å². The normalized spacial score (nSPS) is 15.7. The summed E-state index contributed by atoms with van der Waals surface area (Å²) in [5, 5.41) is 14.1. The molecule has 11 heteroatoms. The van der Waals surface area contributed by atoms with Gasteiger partial charge in [0.05, 0.1) is 35.6 Å². The van der Waals surface area contributed by atoms with E-state index in [0.717, 1.165) is 53.2 Å². The molecule has 3 aromatic heterocycles. The highest BCUT2D eigenvalue weighted by molar-refractivity contribution is 7.15. The lowest BCUT2D eigenvalue weighted by atomic mass is 9.94. The number of rotatable bonds is 7. The number of allylic oxidation sites excluding steroid dienone is 1. The van der Waals surface area contributed by atoms with Crippen molar-refractivity contribution in [3.8, 4) is 22.6 Å². The summed E-state index contributed by atoms with van der Waals surface area (Å²) in [4.78, 5) is 35.1. The van der Waals surface area contributed by atoms with E-state index in [4.69, 9.17) is 14.5 Å². The molecule has 49 heavy (non-hydrogen) atoms.